The third-order valence-electron chi connectivity index (χ3n) is 5.99. The summed E-state index contributed by atoms with van der Waals surface area (Å²) in [7, 11) is 0. The number of aliphatic carboxylic acids is 1. The number of piperidine rings is 1. The molecular weight excluding hydrogens is 403 g/mol. The third-order valence-corrected chi connectivity index (χ3v) is 5.99. The van der Waals surface area contributed by atoms with E-state index in [-0.39, 0.29) is 24.0 Å². The Morgan fingerprint density at radius 3 is 2.77 bits per heavy atom. The topological polar surface area (TPSA) is 117 Å². The van der Waals surface area contributed by atoms with Crippen molar-refractivity contribution >= 4 is 23.7 Å². The van der Waals surface area contributed by atoms with Crippen LogP contribution < -0.4 is 5.73 Å². The van der Waals surface area contributed by atoms with Crippen molar-refractivity contribution < 1.29 is 23.9 Å². The number of rotatable bonds is 4. The summed E-state index contributed by atoms with van der Waals surface area (Å²) in [6.45, 7) is 0.732. The number of nitrogens with zero attached hydrogens (tertiary/aromatic N) is 3. The number of nitrogens with two attached hydrogens (primary N) is 1. The molecule has 3 heterocycles. The molecule has 162 valence electrons. The number of aromatic nitrogens is 1. The van der Waals surface area contributed by atoms with Crippen molar-refractivity contribution in [3.05, 3.63) is 59.5 Å². The van der Waals surface area contributed by atoms with Crippen LogP contribution >= 0.6 is 0 Å². The summed E-state index contributed by atoms with van der Waals surface area (Å²) in [6.07, 6.45) is 3.13. The first-order valence-corrected chi connectivity index (χ1v) is 10.2. The molecule has 3 amide bonds. The number of carbonyl (C=O) groups is 3. The minimum atomic E-state index is -1.23. The van der Waals surface area contributed by atoms with E-state index in [1.807, 2.05) is 6.07 Å². The second-order valence-electron chi connectivity index (χ2n) is 8.01. The lowest BCUT2D eigenvalue weighted by atomic mass is 9.82. The van der Waals surface area contributed by atoms with Gasteiger partial charge in [-0.3, -0.25) is 4.79 Å². The van der Waals surface area contributed by atoms with Crippen molar-refractivity contribution in [2.75, 3.05) is 18.8 Å². The number of hydrogen-bond donors (Lipinski definition) is 2. The van der Waals surface area contributed by atoms with E-state index < -0.39 is 29.9 Å². The molecule has 2 aromatic rings. The van der Waals surface area contributed by atoms with Gasteiger partial charge in [0.1, 0.15) is 11.6 Å². The molecule has 1 aromatic heterocycles. The van der Waals surface area contributed by atoms with Gasteiger partial charge < -0.3 is 15.7 Å². The lowest BCUT2D eigenvalue weighted by Crippen LogP contribution is -2.69. The van der Waals surface area contributed by atoms with E-state index in [1.165, 1.54) is 23.2 Å². The lowest BCUT2D eigenvalue weighted by molar-refractivity contribution is -0.166. The number of imide groups is 1. The Morgan fingerprint density at radius 1 is 1.26 bits per heavy atom. The summed E-state index contributed by atoms with van der Waals surface area (Å²) in [6, 6.07) is 7.67. The highest BCUT2D eigenvalue weighted by atomic mass is 19.1. The third kappa shape index (κ3) is 4.08. The van der Waals surface area contributed by atoms with E-state index >= 15 is 0 Å². The monoisotopic (exact) mass is 426 g/mol. The molecule has 9 heteroatoms. The molecule has 0 radical (unpaired) electrons. The molecular formula is C22H23FN4O4. The van der Waals surface area contributed by atoms with Crippen LogP contribution in [-0.2, 0) is 16.0 Å². The van der Waals surface area contributed by atoms with E-state index in [1.54, 1.807) is 18.2 Å². The molecule has 3 atom stereocenters. The Labute approximate surface area is 178 Å². The second kappa shape index (κ2) is 8.33. The maximum absolute atomic E-state index is 13.6. The summed E-state index contributed by atoms with van der Waals surface area (Å²) >= 11 is 0. The fourth-order valence-electron chi connectivity index (χ4n) is 4.45. The van der Waals surface area contributed by atoms with Gasteiger partial charge in [0.2, 0.25) is 5.91 Å². The Hall–Kier alpha value is -3.49. The molecule has 1 aromatic carbocycles. The van der Waals surface area contributed by atoms with Gasteiger partial charge in [-0.2, -0.15) is 0 Å². The maximum Gasteiger partial charge on any atom is 0.327 e. The van der Waals surface area contributed by atoms with Crippen molar-refractivity contribution in [2.24, 2.45) is 5.92 Å². The molecule has 31 heavy (non-hydrogen) atoms. The number of nitrogen functional groups attached to an aromatic ring is 1. The van der Waals surface area contributed by atoms with Gasteiger partial charge in [-0.15, -0.1) is 0 Å². The molecule has 4 rings (SSSR count). The van der Waals surface area contributed by atoms with Crippen molar-refractivity contribution in [3.8, 4) is 0 Å². The number of carboxylic acids is 1. The molecule has 0 spiro atoms. The first kappa shape index (κ1) is 20.8. The number of benzene rings is 1. The highest BCUT2D eigenvalue weighted by Crippen LogP contribution is 2.34. The van der Waals surface area contributed by atoms with Crippen molar-refractivity contribution in [1.29, 1.82) is 0 Å². The number of anilines is 1. The van der Waals surface area contributed by atoms with Crippen LogP contribution in [0.2, 0.25) is 0 Å². The quantitative estimate of drug-likeness (QED) is 0.725. The number of halogens is 1. The van der Waals surface area contributed by atoms with Gasteiger partial charge in [-0.05, 0) is 54.7 Å². The molecule has 0 bridgehead atoms. The zero-order valence-electron chi connectivity index (χ0n) is 16.8. The van der Waals surface area contributed by atoms with Gasteiger partial charge in [0.05, 0.1) is 5.92 Å². The van der Waals surface area contributed by atoms with Crippen LogP contribution in [0.3, 0.4) is 0 Å². The number of urea groups is 1. The first-order chi connectivity index (χ1) is 14.8. The Morgan fingerprint density at radius 2 is 2.06 bits per heavy atom. The number of amides is 3. The molecule has 1 unspecified atom stereocenters. The minimum absolute atomic E-state index is 0.0661. The number of carboxylic acid groups (broad SMARTS) is 1. The number of β-lactam (4-membered cyclic amide) rings is 1. The van der Waals surface area contributed by atoms with Crippen molar-refractivity contribution in [2.45, 2.75) is 31.2 Å². The van der Waals surface area contributed by atoms with Crippen molar-refractivity contribution in [1.82, 2.24) is 14.8 Å². The predicted molar refractivity (Wildman–Crippen MR) is 109 cm³/mol. The lowest BCUT2D eigenvalue weighted by Gasteiger charge is -2.46. The summed E-state index contributed by atoms with van der Waals surface area (Å²) in [5.74, 6) is -2.71. The van der Waals surface area contributed by atoms with Gasteiger partial charge in [0, 0.05) is 25.2 Å². The van der Waals surface area contributed by atoms with Gasteiger partial charge in [-0.25, -0.2) is 23.9 Å². The number of hydrogen-bond acceptors (Lipinski definition) is 5. The van der Waals surface area contributed by atoms with Crippen LogP contribution in [0.5, 0.6) is 0 Å². The van der Waals surface area contributed by atoms with Crippen LogP contribution in [0.4, 0.5) is 15.0 Å². The highest BCUT2D eigenvalue weighted by molar-refractivity contribution is 6.07. The number of carbonyl (C=O) groups excluding carboxylic acids is 2. The standard InChI is InChI=1S/C22H23FN4O4/c23-16-5-1-3-14(11-16)15-4-2-8-26(12-15)22(31)27-19(21(29)30)17(20(27)28)9-13-6-7-25-18(24)10-13/h1,3,5-7,10-11,15,17,19H,2,4,8-9,12H2,(H2,24,25)(H,29,30)/t15?,17-,19+/m1/s1. The smallest absolute Gasteiger partial charge is 0.327 e. The molecule has 2 fully saturated rings. The number of pyridine rings is 1. The van der Waals surface area contributed by atoms with Crippen molar-refractivity contribution in [3.63, 3.8) is 0 Å². The molecule has 8 nitrogen and oxygen atoms in total. The summed E-state index contributed by atoms with van der Waals surface area (Å²) in [5.41, 5.74) is 7.13. The zero-order valence-corrected chi connectivity index (χ0v) is 16.8. The fraction of sp³-hybridized carbons (Fsp3) is 0.364. The van der Waals surface area contributed by atoms with Gasteiger partial charge in [0.15, 0.2) is 6.04 Å². The van der Waals surface area contributed by atoms with Crippen LogP contribution in [0.25, 0.3) is 0 Å². The Balaban J connectivity index is 1.48. The molecule has 2 aliphatic rings. The summed E-state index contributed by atoms with van der Waals surface area (Å²) in [5, 5.41) is 9.69. The first-order valence-electron chi connectivity index (χ1n) is 10.2. The average Bonchev–Trinajstić information content (AvgIpc) is 2.75. The minimum Gasteiger partial charge on any atom is -0.480 e. The van der Waals surface area contributed by atoms with E-state index in [9.17, 15) is 23.9 Å². The van der Waals surface area contributed by atoms with Crippen LogP contribution in [-0.4, -0.2) is 56.9 Å². The van der Waals surface area contributed by atoms with E-state index in [0.717, 1.165) is 16.9 Å². The Bertz CT molecular complexity index is 1030. The molecule has 0 saturated carbocycles. The highest BCUT2D eigenvalue weighted by Gasteiger charge is 2.55. The van der Waals surface area contributed by atoms with Crippen LogP contribution in [0, 0.1) is 11.7 Å². The van der Waals surface area contributed by atoms with Crippen LogP contribution in [0.1, 0.15) is 29.9 Å². The summed E-state index contributed by atoms with van der Waals surface area (Å²) < 4.78 is 13.6. The second-order valence-corrected chi connectivity index (χ2v) is 8.01. The molecule has 0 aliphatic carbocycles. The summed E-state index contributed by atoms with van der Waals surface area (Å²) in [4.78, 5) is 43.9. The molecule has 3 N–H and O–H groups in total. The zero-order chi connectivity index (χ0) is 22.1. The van der Waals surface area contributed by atoms with E-state index in [4.69, 9.17) is 5.73 Å². The van der Waals surface area contributed by atoms with E-state index in [0.29, 0.717) is 25.1 Å². The number of likely N-dealkylation sites (tertiary alicyclic amines) is 2. The van der Waals surface area contributed by atoms with Gasteiger partial charge >= 0.3 is 12.0 Å². The average molecular weight is 426 g/mol. The predicted octanol–water partition coefficient (Wildman–Crippen LogP) is 2.26. The largest absolute Gasteiger partial charge is 0.480 e. The molecule has 2 aliphatic heterocycles. The van der Waals surface area contributed by atoms with Gasteiger partial charge in [0.25, 0.3) is 0 Å². The van der Waals surface area contributed by atoms with Crippen LogP contribution in [0.15, 0.2) is 42.6 Å². The SMILES string of the molecule is Nc1cc(C[C@H]2C(=O)N(C(=O)N3CCCC(c4cccc(F)c4)C3)[C@@H]2C(=O)O)ccn1. The van der Waals surface area contributed by atoms with E-state index in [2.05, 4.69) is 4.98 Å². The van der Waals surface area contributed by atoms with Gasteiger partial charge in [-0.1, -0.05) is 12.1 Å². The normalized spacial score (nSPS) is 23.4. The fourth-order valence-corrected chi connectivity index (χ4v) is 4.45. The maximum atomic E-state index is 13.6. The Kier molecular flexibility index (Phi) is 5.58. The molecule has 2 saturated heterocycles.